The Labute approximate surface area is 186 Å². The number of methoxy groups -OCH3 is 2. The molecule has 32 heavy (non-hydrogen) atoms. The first-order chi connectivity index (χ1) is 15.6. The Bertz CT molecular complexity index is 1190. The molecule has 0 unspecified atom stereocenters. The fourth-order valence-corrected chi connectivity index (χ4v) is 3.83. The lowest BCUT2D eigenvalue weighted by molar-refractivity contribution is -0.140. The molecule has 0 spiro atoms. The van der Waals surface area contributed by atoms with Gasteiger partial charge in [-0.2, -0.15) is 0 Å². The first-order valence-electron chi connectivity index (χ1n) is 10.3. The van der Waals surface area contributed by atoms with Crippen LogP contribution in [0.3, 0.4) is 0 Å². The molecule has 1 aromatic heterocycles. The van der Waals surface area contributed by atoms with Gasteiger partial charge in [-0.25, -0.2) is 9.59 Å². The van der Waals surface area contributed by atoms with Gasteiger partial charge in [0.15, 0.2) is 0 Å². The standard InChI is InChI=1S/C25H24N2O5/c1-30-24(28)20-15-32-16-27(23(20)25(29)31-2)22-10-6-4-8-18(22)12-14-19-13-11-17-7-3-5-9-21(17)26-19/h3-11,13H,12,14-16H2,1-2H3. The smallest absolute Gasteiger partial charge is 0.355 e. The Morgan fingerprint density at radius 3 is 2.50 bits per heavy atom. The molecule has 2 heterocycles. The van der Waals surface area contributed by atoms with Gasteiger partial charge in [0, 0.05) is 16.8 Å². The molecule has 7 heteroatoms. The van der Waals surface area contributed by atoms with Crippen LogP contribution in [0.2, 0.25) is 0 Å². The third kappa shape index (κ3) is 4.33. The second-order valence-electron chi connectivity index (χ2n) is 7.34. The number of hydrogen-bond donors (Lipinski definition) is 0. The largest absolute Gasteiger partial charge is 0.466 e. The van der Waals surface area contributed by atoms with E-state index < -0.39 is 11.9 Å². The number of anilines is 1. The topological polar surface area (TPSA) is 78.0 Å². The molecule has 3 aromatic rings. The molecule has 0 bridgehead atoms. The van der Waals surface area contributed by atoms with Crippen molar-refractivity contribution in [2.24, 2.45) is 0 Å². The van der Waals surface area contributed by atoms with E-state index in [1.54, 1.807) is 4.90 Å². The lowest BCUT2D eigenvalue weighted by Crippen LogP contribution is -2.39. The van der Waals surface area contributed by atoms with E-state index in [0.717, 1.165) is 34.3 Å². The first kappa shape index (κ1) is 21.5. The summed E-state index contributed by atoms with van der Waals surface area (Å²) >= 11 is 0. The van der Waals surface area contributed by atoms with Crippen LogP contribution in [0.4, 0.5) is 5.69 Å². The summed E-state index contributed by atoms with van der Waals surface area (Å²) in [5, 5.41) is 1.10. The van der Waals surface area contributed by atoms with Gasteiger partial charge in [-0.3, -0.25) is 4.98 Å². The average molecular weight is 432 g/mol. The van der Waals surface area contributed by atoms with E-state index in [1.165, 1.54) is 14.2 Å². The van der Waals surface area contributed by atoms with Gasteiger partial charge >= 0.3 is 11.9 Å². The van der Waals surface area contributed by atoms with Crippen LogP contribution in [0.5, 0.6) is 0 Å². The van der Waals surface area contributed by atoms with E-state index in [1.807, 2.05) is 54.6 Å². The molecular formula is C25H24N2O5. The SMILES string of the molecule is COC(=O)C1=C(C(=O)OC)N(c2ccccc2CCc2ccc3ccccc3n2)COC1. The van der Waals surface area contributed by atoms with Crippen LogP contribution in [0.15, 0.2) is 71.9 Å². The molecule has 4 rings (SSSR count). The number of nitrogens with zero attached hydrogens (tertiary/aromatic N) is 2. The fraction of sp³-hybridized carbons (Fsp3) is 0.240. The number of pyridine rings is 1. The second kappa shape index (κ2) is 9.62. The number of esters is 2. The van der Waals surface area contributed by atoms with Gasteiger partial charge < -0.3 is 19.1 Å². The normalized spacial score (nSPS) is 13.9. The molecule has 7 nitrogen and oxygen atoms in total. The number of ether oxygens (including phenoxy) is 3. The number of carbonyl (C=O) groups is 2. The van der Waals surface area contributed by atoms with Crippen molar-refractivity contribution in [3.05, 3.63) is 83.2 Å². The number of para-hydroxylation sites is 2. The highest BCUT2D eigenvalue weighted by atomic mass is 16.5. The Morgan fingerprint density at radius 2 is 1.69 bits per heavy atom. The lowest BCUT2D eigenvalue weighted by Gasteiger charge is -2.32. The molecule has 0 aliphatic carbocycles. The van der Waals surface area contributed by atoms with Crippen molar-refractivity contribution < 1.29 is 23.8 Å². The zero-order valence-corrected chi connectivity index (χ0v) is 18.0. The average Bonchev–Trinajstić information content (AvgIpc) is 2.86. The zero-order chi connectivity index (χ0) is 22.5. The van der Waals surface area contributed by atoms with Crippen molar-refractivity contribution in [3.8, 4) is 0 Å². The number of aryl methyl sites for hydroxylation is 2. The maximum absolute atomic E-state index is 12.6. The van der Waals surface area contributed by atoms with E-state index in [2.05, 4.69) is 6.07 Å². The zero-order valence-electron chi connectivity index (χ0n) is 18.0. The molecule has 164 valence electrons. The maximum Gasteiger partial charge on any atom is 0.355 e. The van der Waals surface area contributed by atoms with Crippen LogP contribution in [0.1, 0.15) is 11.3 Å². The molecular weight excluding hydrogens is 408 g/mol. The minimum Gasteiger partial charge on any atom is -0.466 e. The minimum absolute atomic E-state index is 0.0171. The molecule has 0 saturated heterocycles. The highest BCUT2D eigenvalue weighted by molar-refractivity contribution is 6.03. The fourth-order valence-electron chi connectivity index (χ4n) is 3.83. The van der Waals surface area contributed by atoms with Crippen LogP contribution in [0, 0.1) is 0 Å². The molecule has 0 atom stereocenters. The molecule has 0 radical (unpaired) electrons. The molecule has 0 saturated carbocycles. The number of carbonyl (C=O) groups excluding carboxylic acids is 2. The van der Waals surface area contributed by atoms with Gasteiger partial charge in [0.2, 0.25) is 0 Å². The summed E-state index contributed by atoms with van der Waals surface area (Å²) in [4.78, 5) is 31.3. The number of rotatable bonds is 6. The van der Waals surface area contributed by atoms with Crippen LogP contribution >= 0.6 is 0 Å². The minimum atomic E-state index is -0.618. The first-order valence-corrected chi connectivity index (χ1v) is 10.3. The van der Waals surface area contributed by atoms with E-state index in [9.17, 15) is 9.59 Å². The third-order valence-corrected chi connectivity index (χ3v) is 5.42. The van der Waals surface area contributed by atoms with E-state index in [0.29, 0.717) is 6.42 Å². The Morgan fingerprint density at radius 1 is 0.938 bits per heavy atom. The summed E-state index contributed by atoms with van der Waals surface area (Å²) in [6.07, 6.45) is 1.41. The quantitative estimate of drug-likeness (QED) is 0.553. The maximum atomic E-state index is 12.6. The van der Waals surface area contributed by atoms with Gasteiger partial charge in [-0.05, 0) is 36.6 Å². The van der Waals surface area contributed by atoms with Crippen molar-refractivity contribution in [2.45, 2.75) is 12.8 Å². The van der Waals surface area contributed by atoms with E-state index in [4.69, 9.17) is 19.2 Å². The summed E-state index contributed by atoms with van der Waals surface area (Å²) in [5.41, 5.74) is 3.99. The Kier molecular flexibility index (Phi) is 6.47. The molecule has 2 aromatic carbocycles. The number of benzene rings is 2. The highest BCUT2D eigenvalue weighted by Gasteiger charge is 2.33. The number of hydrogen-bond acceptors (Lipinski definition) is 7. The van der Waals surface area contributed by atoms with Crippen molar-refractivity contribution in [1.29, 1.82) is 0 Å². The van der Waals surface area contributed by atoms with Gasteiger partial charge in [0.1, 0.15) is 12.4 Å². The van der Waals surface area contributed by atoms with Crippen LogP contribution in [-0.4, -0.2) is 44.5 Å². The molecule has 0 fully saturated rings. The van der Waals surface area contributed by atoms with Crippen molar-refractivity contribution in [3.63, 3.8) is 0 Å². The summed E-state index contributed by atoms with van der Waals surface area (Å²) in [6, 6.07) is 19.8. The molecule has 0 amide bonds. The van der Waals surface area contributed by atoms with Crippen molar-refractivity contribution in [1.82, 2.24) is 4.98 Å². The molecule has 0 N–H and O–H groups in total. The molecule has 1 aliphatic rings. The summed E-state index contributed by atoms with van der Waals surface area (Å²) in [7, 11) is 2.56. The van der Waals surface area contributed by atoms with E-state index >= 15 is 0 Å². The summed E-state index contributed by atoms with van der Waals surface area (Å²) in [6.45, 7) is 0.104. The Balaban J connectivity index is 1.65. The van der Waals surface area contributed by atoms with Crippen molar-refractivity contribution >= 4 is 28.5 Å². The predicted octanol–water partition coefficient (Wildman–Crippen LogP) is 3.41. The molecule has 1 aliphatic heterocycles. The predicted molar refractivity (Wildman–Crippen MR) is 120 cm³/mol. The Hall–Kier alpha value is -3.71. The monoisotopic (exact) mass is 432 g/mol. The van der Waals surface area contributed by atoms with Crippen molar-refractivity contribution in [2.75, 3.05) is 32.5 Å². The van der Waals surface area contributed by atoms with Gasteiger partial charge in [-0.1, -0.05) is 42.5 Å². The van der Waals surface area contributed by atoms with Gasteiger partial charge in [0.25, 0.3) is 0 Å². The van der Waals surface area contributed by atoms with E-state index in [-0.39, 0.29) is 24.6 Å². The van der Waals surface area contributed by atoms with Crippen LogP contribution in [-0.2, 0) is 36.6 Å². The third-order valence-electron chi connectivity index (χ3n) is 5.42. The van der Waals surface area contributed by atoms with Gasteiger partial charge in [0.05, 0.1) is 31.9 Å². The highest BCUT2D eigenvalue weighted by Crippen LogP contribution is 2.30. The van der Waals surface area contributed by atoms with Crippen LogP contribution < -0.4 is 4.90 Å². The second-order valence-corrected chi connectivity index (χ2v) is 7.34. The lowest BCUT2D eigenvalue weighted by atomic mass is 10.0. The number of fused-ring (bicyclic) bond motifs is 1. The summed E-state index contributed by atoms with van der Waals surface area (Å²) in [5.74, 6) is -1.23. The van der Waals surface area contributed by atoms with Crippen LogP contribution in [0.25, 0.3) is 10.9 Å². The summed E-state index contributed by atoms with van der Waals surface area (Å²) < 4.78 is 15.4. The number of aromatic nitrogens is 1. The van der Waals surface area contributed by atoms with Gasteiger partial charge in [-0.15, -0.1) is 0 Å².